The molecule has 27 heavy (non-hydrogen) atoms. The van der Waals surface area contributed by atoms with Gasteiger partial charge in [0.2, 0.25) is 16.1 Å². The summed E-state index contributed by atoms with van der Waals surface area (Å²) in [7, 11) is -2.72. The zero-order chi connectivity index (χ0) is 19.6. The molecule has 1 atom stereocenters. The highest BCUT2D eigenvalue weighted by Crippen LogP contribution is 2.38. The van der Waals surface area contributed by atoms with Crippen LogP contribution in [0.3, 0.4) is 0 Å². The van der Waals surface area contributed by atoms with Crippen molar-refractivity contribution in [1.82, 2.24) is 5.16 Å². The van der Waals surface area contributed by atoms with Gasteiger partial charge < -0.3 is 14.4 Å². The Bertz CT molecular complexity index is 1060. The summed E-state index contributed by atoms with van der Waals surface area (Å²) in [6.45, 7) is 0. The number of aliphatic hydroxyl groups excluding tert-OH is 1. The molecule has 140 valence electrons. The van der Waals surface area contributed by atoms with E-state index in [4.69, 9.17) is 9.66 Å². The van der Waals surface area contributed by atoms with Gasteiger partial charge in [-0.15, -0.1) is 0 Å². The molecule has 3 aromatic rings. The number of primary sulfonamides is 1. The summed E-state index contributed by atoms with van der Waals surface area (Å²) in [6, 6.07) is 14.6. The Hall–Kier alpha value is -3.01. The standard InChI is InChI=1S/C18H16N2O6S/c1-25-18(22)16(21)17-14(11-7-9-13(10-8-11)27(19,23)24)15(20-26-17)12-5-3-2-4-6-12/h2-10,16,21H,1H3,(H2,19,23,24). The molecule has 3 N–H and O–H groups in total. The number of aromatic nitrogens is 1. The third kappa shape index (κ3) is 3.75. The maximum atomic E-state index is 11.8. The number of nitrogens with two attached hydrogens (primary N) is 1. The Morgan fingerprint density at radius 3 is 2.30 bits per heavy atom. The van der Waals surface area contributed by atoms with Crippen LogP contribution in [0, 0.1) is 0 Å². The van der Waals surface area contributed by atoms with Crippen molar-refractivity contribution in [2.24, 2.45) is 5.14 Å². The van der Waals surface area contributed by atoms with Crippen molar-refractivity contribution >= 4 is 16.0 Å². The lowest BCUT2D eigenvalue weighted by molar-refractivity contribution is -0.151. The minimum Gasteiger partial charge on any atom is -0.467 e. The molecule has 1 unspecified atom stereocenters. The van der Waals surface area contributed by atoms with E-state index in [1.807, 2.05) is 6.07 Å². The number of benzene rings is 2. The van der Waals surface area contributed by atoms with Crippen LogP contribution in [0.15, 0.2) is 64.0 Å². The molecule has 0 bridgehead atoms. The summed E-state index contributed by atoms with van der Waals surface area (Å²) >= 11 is 0. The highest BCUT2D eigenvalue weighted by Gasteiger charge is 2.30. The van der Waals surface area contributed by atoms with Crippen LogP contribution in [0.5, 0.6) is 0 Å². The van der Waals surface area contributed by atoms with Crippen molar-refractivity contribution in [3.05, 3.63) is 60.4 Å². The molecule has 0 fully saturated rings. The number of aliphatic hydroxyl groups is 1. The van der Waals surface area contributed by atoms with Gasteiger partial charge in [0.05, 0.1) is 17.6 Å². The lowest BCUT2D eigenvalue weighted by atomic mass is 9.97. The molecule has 0 aliphatic carbocycles. The topological polar surface area (TPSA) is 133 Å². The molecule has 0 amide bonds. The van der Waals surface area contributed by atoms with E-state index in [0.717, 1.165) is 7.11 Å². The van der Waals surface area contributed by atoms with Gasteiger partial charge in [-0.2, -0.15) is 0 Å². The number of rotatable bonds is 5. The van der Waals surface area contributed by atoms with Gasteiger partial charge in [-0.3, -0.25) is 0 Å². The van der Waals surface area contributed by atoms with Crippen LogP contribution < -0.4 is 5.14 Å². The van der Waals surface area contributed by atoms with E-state index in [2.05, 4.69) is 9.89 Å². The van der Waals surface area contributed by atoms with Crippen molar-refractivity contribution in [1.29, 1.82) is 0 Å². The predicted octanol–water partition coefficient (Wildman–Crippen LogP) is 1.86. The fourth-order valence-corrected chi connectivity index (χ4v) is 3.11. The van der Waals surface area contributed by atoms with Gasteiger partial charge in [-0.25, -0.2) is 18.4 Å². The first-order valence-corrected chi connectivity index (χ1v) is 9.31. The summed E-state index contributed by atoms with van der Waals surface area (Å²) in [5.74, 6) is -1.02. The van der Waals surface area contributed by atoms with Crippen molar-refractivity contribution in [2.45, 2.75) is 11.0 Å². The number of hydrogen-bond acceptors (Lipinski definition) is 7. The molecule has 0 spiro atoms. The molecular formula is C18H16N2O6S. The van der Waals surface area contributed by atoms with Crippen LogP contribution in [-0.4, -0.2) is 31.8 Å². The number of methoxy groups -OCH3 is 1. The van der Waals surface area contributed by atoms with E-state index in [0.29, 0.717) is 22.4 Å². The molecule has 1 aromatic heterocycles. The normalized spacial score (nSPS) is 12.6. The van der Waals surface area contributed by atoms with Crippen LogP contribution in [-0.2, 0) is 19.6 Å². The van der Waals surface area contributed by atoms with E-state index in [9.17, 15) is 18.3 Å². The Morgan fingerprint density at radius 2 is 1.74 bits per heavy atom. The lowest BCUT2D eigenvalue weighted by Crippen LogP contribution is -2.14. The second-order valence-corrected chi connectivity index (χ2v) is 7.19. The minimum atomic E-state index is -3.86. The summed E-state index contributed by atoms with van der Waals surface area (Å²) in [5, 5.41) is 19.4. The molecule has 0 radical (unpaired) electrons. The smallest absolute Gasteiger partial charge is 0.342 e. The van der Waals surface area contributed by atoms with Crippen molar-refractivity contribution < 1.29 is 27.6 Å². The molecule has 0 aliphatic heterocycles. The fourth-order valence-electron chi connectivity index (χ4n) is 2.59. The summed E-state index contributed by atoms with van der Waals surface area (Å²) in [5.41, 5.74) is 1.91. The monoisotopic (exact) mass is 388 g/mol. The number of esters is 1. The number of carbonyl (C=O) groups is 1. The summed E-state index contributed by atoms with van der Waals surface area (Å²) < 4.78 is 32.7. The van der Waals surface area contributed by atoms with Gasteiger partial charge >= 0.3 is 5.97 Å². The molecule has 0 saturated heterocycles. The second-order valence-electron chi connectivity index (χ2n) is 5.63. The predicted molar refractivity (Wildman–Crippen MR) is 95.7 cm³/mol. The SMILES string of the molecule is COC(=O)C(O)c1onc(-c2ccccc2)c1-c1ccc(S(N)(=O)=O)cc1. The average Bonchev–Trinajstić information content (AvgIpc) is 3.12. The zero-order valence-corrected chi connectivity index (χ0v) is 15.0. The molecule has 9 heteroatoms. The highest BCUT2D eigenvalue weighted by atomic mass is 32.2. The summed E-state index contributed by atoms with van der Waals surface area (Å²) in [4.78, 5) is 11.7. The molecule has 0 saturated carbocycles. The molecule has 1 heterocycles. The number of hydrogen-bond donors (Lipinski definition) is 2. The first-order chi connectivity index (χ1) is 12.8. The quantitative estimate of drug-likeness (QED) is 0.637. The van der Waals surface area contributed by atoms with Crippen molar-refractivity contribution in [3.8, 4) is 22.4 Å². The largest absolute Gasteiger partial charge is 0.467 e. The van der Waals surface area contributed by atoms with Crippen LogP contribution >= 0.6 is 0 Å². The Kier molecular flexibility index (Phi) is 5.08. The minimum absolute atomic E-state index is 0.0703. The Balaban J connectivity index is 2.19. The van der Waals surface area contributed by atoms with E-state index in [1.165, 1.54) is 24.3 Å². The third-order valence-corrected chi connectivity index (χ3v) is 4.84. The fraction of sp³-hybridized carbons (Fsp3) is 0.111. The second kappa shape index (κ2) is 7.31. The van der Waals surface area contributed by atoms with Crippen LogP contribution in [0.25, 0.3) is 22.4 Å². The van der Waals surface area contributed by atoms with Gasteiger partial charge in [0.25, 0.3) is 0 Å². The van der Waals surface area contributed by atoms with Crippen molar-refractivity contribution in [3.63, 3.8) is 0 Å². The molecular weight excluding hydrogens is 372 g/mol. The van der Waals surface area contributed by atoms with E-state index < -0.39 is 22.1 Å². The van der Waals surface area contributed by atoms with E-state index in [-0.39, 0.29) is 10.7 Å². The maximum absolute atomic E-state index is 11.8. The van der Waals surface area contributed by atoms with Crippen LogP contribution in [0.4, 0.5) is 0 Å². The Labute approximate surface area is 155 Å². The number of ether oxygens (including phenoxy) is 1. The lowest BCUT2D eigenvalue weighted by Gasteiger charge is -2.09. The molecule has 0 aliphatic rings. The van der Waals surface area contributed by atoms with Crippen LogP contribution in [0.2, 0.25) is 0 Å². The first kappa shape index (κ1) is 18.8. The third-order valence-electron chi connectivity index (χ3n) is 3.91. The van der Waals surface area contributed by atoms with Gasteiger partial charge in [0, 0.05) is 5.56 Å². The van der Waals surface area contributed by atoms with Gasteiger partial charge in [-0.1, -0.05) is 47.6 Å². The molecule has 8 nitrogen and oxygen atoms in total. The molecule has 2 aromatic carbocycles. The van der Waals surface area contributed by atoms with Gasteiger partial charge in [0.15, 0.2) is 5.76 Å². The van der Waals surface area contributed by atoms with Gasteiger partial charge in [0.1, 0.15) is 5.69 Å². The number of nitrogens with zero attached hydrogens (tertiary/aromatic N) is 1. The summed E-state index contributed by atoms with van der Waals surface area (Å²) in [6.07, 6.45) is -1.69. The number of sulfonamides is 1. The number of carbonyl (C=O) groups excluding carboxylic acids is 1. The molecule has 3 rings (SSSR count). The maximum Gasteiger partial charge on any atom is 0.342 e. The van der Waals surface area contributed by atoms with Crippen LogP contribution in [0.1, 0.15) is 11.9 Å². The van der Waals surface area contributed by atoms with E-state index in [1.54, 1.807) is 24.3 Å². The Morgan fingerprint density at radius 1 is 1.11 bits per heavy atom. The van der Waals surface area contributed by atoms with Gasteiger partial charge in [-0.05, 0) is 17.7 Å². The highest BCUT2D eigenvalue weighted by molar-refractivity contribution is 7.89. The average molecular weight is 388 g/mol. The van der Waals surface area contributed by atoms with Crippen molar-refractivity contribution in [2.75, 3.05) is 7.11 Å². The first-order valence-electron chi connectivity index (χ1n) is 7.77. The zero-order valence-electron chi connectivity index (χ0n) is 14.2. The van der Waals surface area contributed by atoms with E-state index >= 15 is 0 Å².